The summed E-state index contributed by atoms with van der Waals surface area (Å²) in [4.78, 5) is 29.4. The van der Waals surface area contributed by atoms with Crippen LogP contribution >= 0.6 is 0 Å². The van der Waals surface area contributed by atoms with Gasteiger partial charge in [0.05, 0.1) is 36.8 Å². The van der Waals surface area contributed by atoms with Crippen molar-refractivity contribution in [2.75, 3.05) is 44.8 Å². The Bertz CT molecular complexity index is 1350. The third-order valence-electron chi connectivity index (χ3n) is 5.87. The largest absolute Gasteiger partial charge is 0.378 e. The highest BCUT2D eigenvalue weighted by Gasteiger charge is 2.20. The zero-order chi connectivity index (χ0) is 24.4. The zero-order valence-corrected chi connectivity index (χ0v) is 19.4. The first-order chi connectivity index (χ1) is 17.0. The SMILES string of the molecule is CN(CC(N)=O)Cc1ccn2c(-c3ccnc(N4CCOCC4)n3)c(-c3ccc(F)cc3)nc2c1. The lowest BCUT2D eigenvalue weighted by Gasteiger charge is -2.26. The van der Waals surface area contributed by atoms with E-state index in [0.717, 1.165) is 35.6 Å². The second kappa shape index (κ2) is 9.77. The van der Waals surface area contributed by atoms with Crippen LogP contribution in [0.25, 0.3) is 28.3 Å². The summed E-state index contributed by atoms with van der Waals surface area (Å²) in [6.07, 6.45) is 3.68. The predicted molar refractivity (Wildman–Crippen MR) is 130 cm³/mol. The molecule has 3 aromatic heterocycles. The van der Waals surface area contributed by atoms with Crippen LogP contribution in [0, 0.1) is 5.82 Å². The number of nitrogens with zero attached hydrogens (tertiary/aromatic N) is 6. The first kappa shape index (κ1) is 22.9. The lowest BCUT2D eigenvalue weighted by molar-refractivity contribution is -0.118. The number of primary amides is 1. The van der Waals surface area contributed by atoms with Crippen molar-refractivity contribution in [3.63, 3.8) is 0 Å². The fourth-order valence-electron chi connectivity index (χ4n) is 4.27. The molecule has 0 unspecified atom stereocenters. The topological polar surface area (TPSA) is 102 Å². The van der Waals surface area contributed by atoms with Gasteiger partial charge in [0.2, 0.25) is 11.9 Å². The molecule has 0 radical (unpaired) electrons. The van der Waals surface area contributed by atoms with E-state index in [1.807, 2.05) is 40.7 Å². The normalized spacial score (nSPS) is 14.1. The summed E-state index contributed by atoms with van der Waals surface area (Å²) in [6.45, 7) is 3.43. The van der Waals surface area contributed by atoms with Crippen molar-refractivity contribution in [2.24, 2.45) is 5.73 Å². The number of amides is 1. The molecule has 0 saturated carbocycles. The van der Waals surface area contributed by atoms with Crippen LogP contribution in [0.4, 0.5) is 10.3 Å². The number of rotatable bonds is 7. The lowest BCUT2D eigenvalue weighted by atomic mass is 10.1. The highest BCUT2D eigenvalue weighted by molar-refractivity contribution is 5.81. The standard InChI is InChI=1S/C25H26FN7O2/c1-31(16-21(27)34)15-17-7-9-33-22(14-17)30-23(18-2-4-19(26)5-3-18)24(33)20-6-8-28-25(29-20)32-10-12-35-13-11-32/h2-9,14H,10-13,15-16H2,1H3,(H2,27,34). The minimum absolute atomic E-state index is 0.164. The maximum absolute atomic E-state index is 13.7. The summed E-state index contributed by atoms with van der Waals surface area (Å²) in [5, 5.41) is 0. The molecule has 180 valence electrons. The number of halogens is 1. The maximum Gasteiger partial charge on any atom is 0.231 e. The maximum atomic E-state index is 13.7. The summed E-state index contributed by atoms with van der Waals surface area (Å²) in [6, 6.07) is 12.1. The van der Waals surface area contributed by atoms with E-state index in [2.05, 4.69) is 9.88 Å². The van der Waals surface area contributed by atoms with E-state index in [1.165, 1.54) is 12.1 Å². The zero-order valence-electron chi connectivity index (χ0n) is 19.4. The number of carbonyl (C=O) groups is 1. The molecular formula is C25H26FN7O2. The Labute approximate surface area is 202 Å². The number of morpholine rings is 1. The number of anilines is 1. The average Bonchev–Trinajstić information content (AvgIpc) is 3.23. The van der Waals surface area contributed by atoms with E-state index in [4.69, 9.17) is 20.4 Å². The Morgan fingerprint density at radius 1 is 1.14 bits per heavy atom. The van der Waals surface area contributed by atoms with Crippen LogP contribution in [0.5, 0.6) is 0 Å². The van der Waals surface area contributed by atoms with E-state index in [1.54, 1.807) is 18.3 Å². The number of likely N-dealkylation sites (N-methyl/N-ethyl adjacent to an activating group) is 1. The second-order valence-corrected chi connectivity index (χ2v) is 8.56. The molecule has 1 aliphatic rings. The molecule has 2 N–H and O–H groups in total. The summed E-state index contributed by atoms with van der Waals surface area (Å²) >= 11 is 0. The van der Waals surface area contributed by atoms with Gasteiger partial charge in [0.15, 0.2) is 0 Å². The molecule has 4 heterocycles. The number of hydrogen-bond acceptors (Lipinski definition) is 7. The van der Waals surface area contributed by atoms with Crippen LogP contribution in [0.2, 0.25) is 0 Å². The van der Waals surface area contributed by atoms with Gasteiger partial charge in [-0.1, -0.05) is 0 Å². The molecule has 10 heteroatoms. The molecule has 9 nitrogen and oxygen atoms in total. The Balaban J connectivity index is 1.60. The number of pyridine rings is 1. The Hall–Kier alpha value is -3.89. The van der Waals surface area contributed by atoms with Crippen molar-refractivity contribution in [3.05, 3.63) is 66.2 Å². The molecular weight excluding hydrogens is 449 g/mol. The van der Waals surface area contributed by atoms with Crippen molar-refractivity contribution >= 4 is 17.5 Å². The molecule has 1 saturated heterocycles. The second-order valence-electron chi connectivity index (χ2n) is 8.56. The molecule has 0 aliphatic carbocycles. The molecule has 1 aromatic carbocycles. The number of hydrogen-bond donors (Lipinski definition) is 1. The highest BCUT2D eigenvalue weighted by Crippen LogP contribution is 2.33. The van der Waals surface area contributed by atoms with Crippen molar-refractivity contribution in [1.82, 2.24) is 24.3 Å². The van der Waals surface area contributed by atoms with Gasteiger partial charge in [0.1, 0.15) is 11.5 Å². The molecule has 1 amide bonds. The van der Waals surface area contributed by atoms with Gasteiger partial charge in [-0.2, -0.15) is 0 Å². The predicted octanol–water partition coefficient (Wildman–Crippen LogP) is 2.35. The van der Waals surface area contributed by atoms with Gasteiger partial charge in [-0.15, -0.1) is 0 Å². The van der Waals surface area contributed by atoms with Crippen LogP contribution in [0.15, 0.2) is 54.9 Å². The Morgan fingerprint density at radius 3 is 2.66 bits per heavy atom. The monoisotopic (exact) mass is 475 g/mol. The summed E-state index contributed by atoms with van der Waals surface area (Å²) in [5.41, 5.74) is 10.0. The van der Waals surface area contributed by atoms with E-state index in [9.17, 15) is 9.18 Å². The number of ether oxygens (including phenoxy) is 1. The van der Waals surface area contributed by atoms with Gasteiger partial charge in [0.25, 0.3) is 0 Å². The van der Waals surface area contributed by atoms with Crippen molar-refractivity contribution in [2.45, 2.75) is 6.54 Å². The first-order valence-corrected chi connectivity index (χ1v) is 11.4. The van der Waals surface area contributed by atoms with E-state index >= 15 is 0 Å². The summed E-state index contributed by atoms with van der Waals surface area (Å²) < 4.78 is 21.1. The number of aromatic nitrogens is 4. The number of benzene rings is 1. The Morgan fingerprint density at radius 2 is 1.91 bits per heavy atom. The van der Waals surface area contributed by atoms with E-state index in [-0.39, 0.29) is 18.3 Å². The van der Waals surface area contributed by atoms with Crippen molar-refractivity contribution < 1.29 is 13.9 Å². The molecule has 1 aliphatic heterocycles. The van der Waals surface area contributed by atoms with E-state index in [0.29, 0.717) is 37.1 Å². The smallest absolute Gasteiger partial charge is 0.231 e. The van der Waals surface area contributed by atoms with E-state index < -0.39 is 0 Å². The molecule has 0 atom stereocenters. The van der Waals surface area contributed by atoms with Crippen LogP contribution in [0.3, 0.4) is 0 Å². The van der Waals surface area contributed by atoms with Crippen LogP contribution in [0.1, 0.15) is 5.56 Å². The van der Waals surface area contributed by atoms with Crippen molar-refractivity contribution in [3.8, 4) is 22.6 Å². The third kappa shape index (κ3) is 4.98. The fourth-order valence-corrected chi connectivity index (χ4v) is 4.27. The number of fused-ring (bicyclic) bond motifs is 1. The van der Waals surface area contributed by atoms with Gasteiger partial charge in [-0.3, -0.25) is 14.1 Å². The minimum Gasteiger partial charge on any atom is -0.378 e. The fraction of sp³-hybridized carbons (Fsp3) is 0.280. The minimum atomic E-state index is -0.380. The third-order valence-corrected chi connectivity index (χ3v) is 5.87. The molecule has 1 fully saturated rings. The Kier molecular flexibility index (Phi) is 6.39. The lowest BCUT2D eigenvalue weighted by Crippen LogP contribution is -2.37. The molecule has 5 rings (SSSR count). The average molecular weight is 476 g/mol. The van der Waals surface area contributed by atoms with Gasteiger partial charge < -0.3 is 15.4 Å². The van der Waals surface area contributed by atoms with Gasteiger partial charge >= 0.3 is 0 Å². The summed E-state index contributed by atoms with van der Waals surface area (Å²) in [7, 11) is 1.84. The van der Waals surface area contributed by atoms with Crippen LogP contribution in [-0.4, -0.2) is 70.1 Å². The molecule has 0 spiro atoms. The molecule has 0 bridgehead atoms. The van der Waals surface area contributed by atoms with Crippen LogP contribution < -0.4 is 10.6 Å². The van der Waals surface area contributed by atoms with Gasteiger partial charge in [-0.05, 0) is 55.1 Å². The highest BCUT2D eigenvalue weighted by atomic mass is 19.1. The molecule has 35 heavy (non-hydrogen) atoms. The van der Waals surface area contributed by atoms with Gasteiger partial charge in [-0.25, -0.2) is 19.3 Å². The number of carbonyl (C=O) groups excluding carboxylic acids is 1. The van der Waals surface area contributed by atoms with Gasteiger partial charge in [0, 0.05) is 37.6 Å². The quantitative estimate of drug-likeness (QED) is 0.438. The van der Waals surface area contributed by atoms with Crippen molar-refractivity contribution in [1.29, 1.82) is 0 Å². The van der Waals surface area contributed by atoms with Crippen LogP contribution in [-0.2, 0) is 16.1 Å². The number of nitrogens with two attached hydrogens (primary N) is 1. The summed E-state index contributed by atoms with van der Waals surface area (Å²) in [5.74, 6) is -0.0545. The molecule has 4 aromatic rings. The first-order valence-electron chi connectivity index (χ1n) is 11.4. The number of imidazole rings is 1.